The summed E-state index contributed by atoms with van der Waals surface area (Å²) < 4.78 is 0. The fourth-order valence-electron chi connectivity index (χ4n) is 0. The van der Waals surface area contributed by atoms with E-state index in [9.17, 15) is 0 Å². The first-order valence-corrected chi connectivity index (χ1v) is 0.632. The standard InChI is InChI=1S/CH2O3.K.H3N.H2O/c2-1(3)4;;;/h(H2,2,3,4);;1H3;1H2/q;+1;;/p-1. The smallest absolute Gasteiger partial charge is 0.870 e. The van der Waals surface area contributed by atoms with Gasteiger partial charge in [-0.2, -0.15) is 0 Å². The molecule has 6 N–H and O–H groups in total. The molecule has 0 rings (SSSR count). The van der Waals surface area contributed by atoms with Crippen LogP contribution >= 0.6 is 0 Å². The summed E-state index contributed by atoms with van der Waals surface area (Å²) in [6.07, 6.45) is -2.08. The second kappa shape index (κ2) is 15.8. The van der Waals surface area contributed by atoms with Crippen LogP contribution in [-0.2, 0) is 0 Å². The van der Waals surface area contributed by atoms with E-state index in [4.69, 9.17) is 15.0 Å². The Labute approximate surface area is 83.0 Å². The normalized spacial score (nSPS) is 3.43. The SMILES string of the molecule is O=C([O-])O.[K+].[NH4+].[OH-]. The molecule has 0 atom stereocenters. The minimum atomic E-state index is -2.08. The second-order valence-electron chi connectivity index (χ2n) is 0.266. The number of hydrogen-bond acceptors (Lipinski definition) is 3. The molecule has 40 valence electrons. The molecule has 0 amide bonds. The molecule has 0 radical (unpaired) electrons. The minimum Gasteiger partial charge on any atom is -0.870 e. The zero-order valence-electron chi connectivity index (χ0n) is 4.21. The zero-order chi connectivity index (χ0) is 3.58. The molecule has 0 aromatic heterocycles. The van der Waals surface area contributed by atoms with Crippen LogP contribution in [0.25, 0.3) is 0 Å². The van der Waals surface area contributed by atoms with E-state index >= 15 is 0 Å². The van der Waals surface area contributed by atoms with Gasteiger partial charge in [-0.05, 0) is 0 Å². The third-order valence-electron chi connectivity index (χ3n) is 0. The molecule has 0 aliphatic rings. The first-order valence-electron chi connectivity index (χ1n) is 0.632. The summed E-state index contributed by atoms with van der Waals surface area (Å²) in [5, 5.41) is 15.3. The van der Waals surface area contributed by atoms with Crippen molar-refractivity contribution in [3.63, 3.8) is 0 Å². The molecule has 0 bridgehead atoms. The molecular formula is CH6KNO4. The Balaban J connectivity index is -0.0000000150. The van der Waals surface area contributed by atoms with Crippen LogP contribution in [0.1, 0.15) is 0 Å². The van der Waals surface area contributed by atoms with Gasteiger partial charge in [0.2, 0.25) is 6.16 Å². The average molecular weight is 135 g/mol. The first kappa shape index (κ1) is 24.9. The van der Waals surface area contributed by atoms with Gasteiger partial charge < -0.3 is 26.6 Å². The number of quaternary nitrogens is 1. The van der Waals surface area contributed by atoms with Gasteiger partial charge in [0, 0.05) is 0 Å². The average Bonchev–Trinajstić information content (AvgIpc) is 0.811. The van der Waals surface area contributed by atoms with Gasteiger partial charge in [-0.3, -0.25) is 0 Å². The fourth-order valence-corrected chi connectivity index (χ4v) is 0. The molecule has 7 heavy (non-hydrogen) atoms. The van der Waals surface area contributed by atoms with Gasteiger partial charge in [0.1, 0.15) is 0 Å². The van der Waals surface area contributed by atoms with Gasteiger partial charge in [-0.1, -0.05) is 0 Å². The quantitative estimate of drug-likeness (QED) is 0.329. The van der Waals surface area contributed by atoms with Crippen LogP contribution in [0, 0.1) is 0 Å². The number of carboxylic acid groups (broad SMARTS) is 2. The molecular weight excluding hydrogens is 129 g/mol. The fraction of sp³-hybridized carbons (Fsp3) is 0. The molecule has 0 aliphatic carbocycles. The summed E-state index contributed by atoms with van der Waals surface area (Å²) in [4.78, 5) is 8.44. The monoisotopic (exact) mass is 135 g/mol. The Morgan fingerprint density at radius 1 is 1.57 bits per heavy atom. The summed E-state index contributed by atoms with van der Waals surface area (Å²) in [6.45, 7) is 0. The van der Waals surface area contributed by atoms with Crippen molar-refractivity contribution in [2.75, 3.05) is 0 Å². The van der Waals surface area contributed by atoms with E-state index in [2.05, 4.69) is 0 Å². The van der Waals surface area contributed by atoms with E-state index in [1.807, 2.05) is 0 Å². The van der Waals surface area contributed by atoms with Crippen LogP contribution < -0.4 is 62.6 Å². The van der Waals surface area contributed by atoms with Crippen molar-refractivity contribution < 1.29 is 71.9 Å². The molecule has 5 nitrogen and oxygen atoms in total. The van der Waals surface area contributed by atoms with Gasteiger partial charge >= 0.3 is 51.4 Å². The van der Waals surface area contributed by atoms with Crippen LogP contribution in [0.15, 0.2) is 0 Å². The van der Waals surface area contributed by atoms with Crippen LogP contribution in [0.4, 0.5) is 4.79 Å². The van der Waals surface area contributed by atoms with Gasteiger partial charge in [0.05, 0.1) is 0 Å². The predicted molar refractivity (Wildman–Crippen MR) is 15.9 cm³/mol. The maximum atomic E-state index is 8.44. The molecule has 0 aromatic rings. The Bertz CT molecular complexity index is 34.7. The second-order valence-corrected chi connectivity index (χ2v) is 0.266. The maximum Gasteiger partial charge on any atom is 1.00 e. The summed E-state index contributed by atoms with van der Waals surface area (Å²) >= 11 is 0. The topological polar surface area (TPSA) is 127 Å². The van der Waals surface area contributed by atoms with Gasteiger partial charge in [0.15, 0.2) is 0 Å². The van der Waals surface area contributed by atoms with Crippen molar-refractivity contribution in [3.8, 4) is 0 Å². The molecule has 0 saturated carbocycles. The Morgan fingerprint density at radius 3 is 1.57 bits per heavy atom. The van der Waals surface area contributed by atoms with E-state index in [1.165, 1.54) is 0 Å². The van der Waals surface area contributed by atoms with Crippen LogP contribution in [-0.4, -0.2) is 16.7 Å². The zero-order valence-corrected chi connectivity index (χ0v) is 7.33. The van der Waals surface area contributed by atoms with Gasteiger partial charge in [-0.25, -0.2) is 0 Å². The largest absolute Gasteiger partial charge is 1.00 e. The Morgan fingerprint density at radius 2 is 1.57 bits per heavy atom. The predicted octanol–water partition coefficient (Wildman–Crippen LogP) is -3.91. The van der Waals surface area contributed by atoms with Crippen molar-refractivity contribution in [3.05, 3.63) is 0 Å². The van der Waals surface area contributed by atoms with Crippen molar-refractivity contribution >= 4 is 6.16 Å². The van der Waals surface area contributed by atoms with Crippen molar-refractivity contribution in [1.82, 2.24) is 6.15 Å². The van der Waals surface area contributed by atoms with Crippen LogP contribution in [0.5, 0.6) is 0 Å². The molecule has 0 fully saturated rings. The molecule has 0 aliphatic heterocycles. The van der Waals surface area contributed by atoms with Gasteiger partial charge in [0.25, 0.3) is 0 Å². The third-order valence-corrected chi connectivity index (χ3v) is 0. The summed E-state index contributed by atoms with van der Waals surface area (Å²) in [6, 6.07) is 0. The molecule has 0 saturated heterocycles. The van der Waals surface area contributed by atoms with E-state index in [1.54, 1.807) is 0 Å². The van der Waals surface area contributed by atoms with E-state index in [-0.39, 0.29) is 63.0 Å². The number of hydrogen-bond donors (Lipinski definition) is 2. The summed E-state index contributed by atoms with van der Waals surface area (Å²) in [5.74, 6) is 0. The molecule has 0 spiro atoms. The van der Waals surface area contributed by atoms with Crippen LogP contribution in [0.3, 0.4) is 0 Å². The molecule has 6 heteroatoms. The summed E-state index contributed by atoms with van der Waals surface area (Å²) in [5.41, 5.74) is 0. The molecule has 0 aromatic carbocycles. The molecule has 0 unspecified atom stereocenters. The van der Waals surface area contributed by atoms with E-state index in [0.717, 1.165) is 0 Å². The summed E-state index contributed by atoms with van der Waals surface area (Å²) in [7, 11) is 0. The molecule has 0 heterocycles. The van der Waals surface area contributed by atoms with E-state index < -0.39 is 6.16 Å². The van der Waals surface area contributed by atoms with Crippen molar-refractivity contribution in [2.45, 2.75) is 0 Å². The van der Waals surface area contributed by atoms with Crippen molar-refractivity contribution in [1.29, 1.82) is 0 Å². The third kappa shape index (κ3) is 233. The number of rotatable bonds is 0. The maximum absolute atomic E-state index is 8.44. The van der Waals surface area contributed by atoms with Crippen molar-refractivity contribution in [2.24, 2.45) is 0 Å². The Hall–Kier alpha value is 0.826. The van der Waals surface area contributed by atoms with E-state index in [0.29, 0.717) is 0 Å². The minimum absolute atomic E-state index is 0. The van der Waals surface area contributed by atoms with Gasteiger partial charge in [-0.15, -0.1) is 0 Å². The van der Waals surface area contributed by atoms with Crippen LogP contribution in [0.2, 0.25) is 0 Å². The Kier molecular flexibility index (Phi) is 56.3. The number of carbonyl (C=O) groups is 1. The first-order chi connectivity index (χ1) is 1.73.